The van der Waals surface area contributed by atoms with Gasteiger partial charge in [-0.05, 0) is 42.8 Å². The smallest absolute Gasteiger partial charge is 0.275 e. The van der Waals surface area contributed by atoms with Crippen molar-refractivity contribution in [1.82, 2.24) is 9.55 Å². The molecule has 0 spiro atoms. The molecular formula is C28H29ClN2O9S. The number of halogens is 1. The Hall–Kier alpha value is -3.07. The van der Waals surface area contributed by atoms with Crippen LogP contribution in [-0.2, 0) is 9.47 Å². The Morgan fingerprint density at radius 1 is 1.07 bits per heavy atom. The average molecular weight is 605 g/mol. The Bertz CT molecular complexity index is 1560. The number of aromatic nitrogens is 2. The number of hydrogen-bond donors (Lipinski definition) is 4. The SMILES string of the molecule is COc1cc(-n2cnc3cc(-c4ccc(Cl)cc4)sc3c2=O)ccc1OCC(C)O[C@H]1O[C@H](CO)[C@@H](O)[C@@H](O)C1O. The molecule has 0 aliphatic carbocycles. The maximum absolute atomic E-state index is 13.4. The zero-order valence-corrected chi connectivity index (χ0v) is 23.7. The minimum absolute atomic E-state index is 0.0147. The van der Waals surface area contributed by atoms with Gasteiger partial charge in [-0.2, -0.15) is 0 Å². The third kappa shape index (κ3) is 6.10. The summed E-state index contributed by atoms with van der Waals surface area (Å²) in [5, 5.41) is 40.1. The van der Waals surface area contributed by atoms with Gasteiger partial charge in [0.2, 0.25) is 0 Å². The van der Waals surface area contributed by atoms with E-state index in [1.54, 1.807) is 37.3 Å². The van der Waals surface area contributed by atoms with Crippen molar-refractivity contribution in [3.63, 3.8) is 0 Å². The number of ether oxygens (including phenoxy) is 4. The molecule has 5 rings (SSSR count). The standard InChI is InChI=1S/C28H29ClN2O9S/c1-14(39-28-25(35)24(34)23(33)21(11-32)40-28)12-38-19-8-7-17(9-20(19)37-2)31-13-30-18-10-22(41-26(18)27(31)36)15-3-5-16(29)6-4-15/h3-10,13-14,21,23-25,28,32-35H,11-12H2,1-2H3/t14?,21-,23-,24-,25?,28+/m1/s1. The molecule has 2 aromatic carbocycles. The molecule has 0 amide bonds. The lowest BCUT2D eigenvalue weighted by Gasteiger charge is -2.40. The van der Waals surface area contributed by atoms with Crippen molar-refractivity contribution >= 4 is 33.2 Å². The molecule has 1 saturated heterocycles. The molecule has 1 aliphatic rings. The molecule has 11 nitrogen and oxygen atoms in total. The Kier molecular flexibility index (Phi) is 8.92. The first-order valence-corrected chi connectivity index (χ1v) is 13.9. The third-order valence-electron chi connectivity index (χ3n) is 6.68. The van der Waals surface area contributed by atoms with Gasteiger partial charge in [0.1, 0.15) is 42.0 Å². The zero-order chi connectivity index (χ0) is 29.3. The van der Waals surface area contributed by atoms with Gasteiger partial charge >= 0.3 is 0 Å². The van der Waals surface area contributed by atoms with Crippen molar-refractivity contribution in [2.24, 2.45) is 0 Å². The summed E-state index contributed by atoms with van der Waals surface area (Å²) in [4.78, 5) is 18.8. The molecule has 41 heavy (non-hydrogen) atoms. The maximum atomic E-state index is 13.4. The molecule has 1 fully saturated rings. The van der Waals surface area contributed by atoms with Crippen molar-refractivity contribution in [3.8, 4) is 27.6 Å². The molecule has 0 saturated carbocycles. The van der Waals surface area contributed by atoms with Crippen LogP contribution in [0.2, 0.25) is 5.02 Å². The van der Waals surface area contributed by atoms with Gasteiger partial charge in [0.05, 0.1) is 31.0 Å². The van der Waals surface area contributed by atoms with E-state index in [0.29, 0.717) is 32.4 Å². The van der Waals surface area contributed by atoms with E-state index < -0.39 is 43.4 Å². The molecule has 218 valence electrons. The first-order chi connectivity index (χ1) is 19.7. The van der Waals surface area contributed by atoms with Crippen molar-refractivity contribution in [2.75, 3.05) is 20.3 Å². The lowest BCUT2D eigenvalue weighted by atomic mass is 9.99. The van der Waals surface area contributed by atoms with E-state index in [1.165, 1.54) is 29.3 Å². The van der Waals surface area contributed by atoms with E-state index in [9.17, 15) is 25.2 Å². The fourth-order valence-corrected chi connectivity index (χ4v) is 5.61. The highest BCUT2D eigenvalue weighted by atomic mass is 35.5. The molecule has 0 radical (unpaired) electrons. The first-order valence-electron chi connectivity index (χ1n) is 12.7. The van der Waals surface area contributed by atoms with Crippen molar-refractivity contribution in [3.05, 3.63) is 70.2 Å². The molecule has 3 heterocycles. The molecular weight excluding hydrogens is 576 g/mol. The van der Waals surface area contributed by atoms with Crippen molar-refractivity contribution in [2.45, 2.75) is 43.7 Å². The van der Waals surface area contributed by atoms with E-state index >= 15 is 0 Å². The topological polar surface area (TPSA) is 153 Å². The van der Waals surface area contributed by atoms with Crippen molar-refractivity contribution < 1.29 is 39.4 Å². The first kappa shape index (κ1) is 29.4. The predicted molar refractivity (Wildman–Crippen MR) is 152 cm³/mol. The second-order valence-electron chi connectivity index (χ2n) is 9.54. The van der Waals surface area contributed by atoms with Crippen LogP contribution in [0.1, 0.15) is 6.92 Å². The van der Waals surface area contributed by atoms with Crippen LogP contribution >= 0.6 is 22.9 Å². The van der Waals surface area contributed by atoms with Gasteiger partial charge in [-0.1, -0.05) is 23.7 Å². The Morgan fingerprint density at radius 2 is 1.83 bits per heavy atom. The summed E-state index contributed by atoms with van der Waals surface area (Å²) in [5.41, 5.74) is 1.84. The molecule has 6 atom stereocenters. The number of thiophene rings is 1. The lowest BCUT2D eigenvalue weighted by molar-refractivity contribution is -0.311. The van der Waals surface area contributed by atoms with E-state index in [-0.39, 0.29) is 12.2 Å². The molecule has 0 bridgehead atoms. The Labute approximate surface area is 243 Å². The third-order valence-corrected chi connectivity index (χ3v) is 8.09. The number of benzene rings is 2. The fraction of sp³-hybridized carbons (Fsp3) is 0.357. The van der Waals surface area contributed by atoms with Crippen LogP contribution in [0.4, 0.5) is 0 Å². The van der Waals surface area contributed by atoms with E-state index in [1.807, 2.05) is 18.2 Å². The number of rotatable bonds is 9. The monoisotopic (exact) mass is 604 g/mol. The van der Waals surface area contributed by atoms with Gasteiger partial charge in [-0.25, -0.2) is 4.98 Å². The molecule has 2 aromatic heterocycles. The van der Waals surface area contributed by atoms with Crippen LogP contribution in [0.5, 0.6) is 11.5 Å². The number of fused-ring (bicyclic) bond motifs is 1. The van der Waals surface area contributed by atoms with Gasteiger partial charge in [0.15, 0.2) is 17.8 Å². The summed E-state index contributed by atoms with van der Waals surface area (Å²) in [5.74, 6) is 0.742. The van der Waals surface area contributed by atoms with Gasteiger partial charge in [0.25, 0.3) is 5.56 Å². The predicted octanol–water partition coefficient (Wildman–Crippen LogP) is 2.36. The Morgan fingerprint density at radius 3 is 2.54 bits per heavy atom. The van der Waals surface area contributed by atoms with Crippen LogP contribution in [0.3, 0.4) is 0 Å². The number of aliphatic hydroxyl groups is 4. The average Bonchev–Trinajstić information content (AvgIpc) is 3.42. The van der Waals surface area contributed by atoms with Crippen LogP contribution in [-0.4, -0.2) is 87.1 Å². The second kappa shape index (κ2) is 12.4. The zero-order valence-electron chi connectivity index (χ0n) is 22.1. The van der Waals surface area contributed by atoms with E-state index in [2.05, 4.69) is 4.98 Å². The summed E-state index contributed by atoms with van der Waals surface area (Å²) in [7, 11) is 1.47. The largest absolute Gasteiger partial charge is 0.493 e. The van der Waals surface area contributed by atoms with Crippen LogP contribution in [0, 0.1) is 0 Å². The van der Waals surface area contributed by atoms with E-state index in [4.69, 9.17) is 30.5 Å². The van der Waals surface area contributed by atoms with Gasteiger partial charge < -0.3 is 39.4 Å². The quantitative estimate of drug-likeness (QED) is 0.224. The number of methoxy groups -OCH3 is 1. The summed E-state index contributed by atoms with van der Waals surface area (Å²) in [6, 6.07) is 14.3. The summed E-state index contributed by atoms with van der Waals surface area (Å²) in [6.45, 7) is 1.13. The van der Waals surface area contributed by atoms with Crippen molar-refractivity contribution in [1.29, 1.82) is 0 Å². The highest BCUT2D eigenvalue weighted by Gasteiger charge is 2.44. The van der Waals surface area contributed by atoms with E-state index in [0.717, 1.165) is 10.4 Å². The molecule has 2 unspecified atom stereocenters. The molecule has 13 heteroatoms. The molecule has 4 aromatic rings. The summed E-state index contributed by atoms with van der Waals surface area (Å²) >= 11 is 7.35. The van der Waals surface area contributed by atoms with Crippen LogP contribution in [0.25, 0.3) is 26.3 Å². The number of aliphatic hydroxyl groups excluding tert-OH is 4. The molecule has 1 aliphatic heterocycles. The minimum atomic E-state index is -1.54. The van der Waals surface area contributed by atoms with Crippen LogP contribution < -0.4 is 15.0 Å². The molecule has 4 N–H and O–H groups in total. The Balaban J connectivity index is 1.30. The van der Waals surface area contributed by atoms with Gasteiger partial charge in [0, 0.05) is 16.0 Å². The normalized spacial score (nSPS) is 23.4. The van der Waals surface area contributed by atoms with Crippen LogP contribution in [0.15, 0.2) is 59.7 Å². The lowest BCUT2D eigenvalue weighted by Crippen LogP contribution is -2.59. The minimum Gasteiger partial charge on any atom is -0.493 e. The fourth-order valence-electron chi connectivity index (χ4n) is 4.43. The number of nitrogens with zero attached hydrogens (tertiary/aromatic N) is 2. The number of hydrogen-bond acceptors (Lipinski definition) is 11. The van der Waals surface area contributed by atoms with Gasteiger partial charge in [-0.3, -0.25) is 9.36 Å². The highest BCUT2D eigenvalue weighted by molar-refractivity contribution is 7.22. The summed E-state index contributed by atoms with van der Waals surface area (Å²) < 4.78 is 24.3. The maximum Gasteiger partial charge on any atom is 0.275 e. The highest BCUT2D eigenvalue weighted by Crippen LogP contribution is 2.33. The second-order valence-corrected chi connectivity index (χ2v) is 11.0. The summed E-state index contributed by atoms with van der Waals surface area (Å²) in [6.07, 6.45) is -6.04. The van der Waals surface area contributed by atoms with Gasteiger partial charge in [-0.15, -0.1) is 11.3 Å².